The number of carbonyl (C=O) groups is 2. The van der Waals surface area contributed by atoms with Crippen LogP contribution in [0, 0.1) is 23.0 Å². The summed E-state index contributed by atoms with van der Waals surface area (Å²) < 4.78 is 0. The van der Waals surface area contributed by atoms with Crippen molar-refractivity contribution in [3.8, 4) is 0 Å². The molecule has 1 aromatic carbocycles. The van der Waals surface area contributed by atoms with Gasteiger partial charge in [-0.25, -0.2) is 0 Å². The van der Waals surface area contributed by atoms with Crippen LogP contribution in [0.3, 0.4) is 0 Å². The van der Waals surface area contributed by atoms with Crippen LogP contribution in [-0.4, -0.2) is 39.8 Å². The van der Waals surface area contributed by atoms with Gasteiger partial charge in [0.15, 0.2) is 0 Å². The minimum absolute atomic E-state index is 0.0944. The first-order valence-electron chi connectivity index (χ1n) is 10.5. The molecule has 0 bridgehead atoms. The Bertz CT molecular complexity index is 1160. The summed E-state index contributed by atoms with van der Waals surface area (Å²) in [5, 5.41) is 16.2. The fraction of sp³-hybridized carbons (Fsp3) is 0.429. The lowest BCUT2D eigenvalue weighted by Gasteiger charge is -2.32. The van der Waals surface area contributed by atoms with Crippen molar-refractivity contribution < 1.29 is 14.5 Å². The molecule has 1 saturated heterocycles. The Hall–Kier alpha value is -3.76. The molecule has 2 unspecified atom stereocenters. The standard InChI is InChI=1S/C21H24N6O5/c1-11-4-3-7-26(10-11)21-24-18-17(20(30)25-21)14(9-16(28)23-18)19(29)22-15-6-5-13(27(31)32)8-12(15)2/h5-6,8,11,14H,3-4,7,9-10H2,1-2H3,(H,22,29)(H2,23,24,25,28,30). The molecule has 4 rings (SSSR count). The monoisotopic (exact) mass is 440 g/mol. The maximum Gasteiger partial charge on any atom is 0.269 e. The molecule has 2 aliphatic rings. The quantitative estimate of drug-likeness (QED) is 0.487. The number of hydrogen-bond acceptors (Lipinski definition) is 7. The van der Waals surface area contributed by atoms with Crippen LogP contribution >= 0.6 is 0 Å². The lowest BCUT2D eigenvalue weighted by molar-refractivity contribution is -0.384. The highest BCUT2D eigenvalue weighted by molar-refractivity contribution is 6.04. The van der Waals surface area contributed by atoms with Crippen LogP contribution < -0.4 is 21.1 Å². The maximum absolute atomic E-state index is 13.0. The minimum atomic E-state index is -1.03. The van der Waals surface area contributed by atoms with Crippen LogP contribution in [0.4, 0.5) is 23.1 Å². The van der Waals surface area contributed by atoms with E-state index in [2.05, 4.69) is 27.5 Å². The SMILES string of the molecule is Cc1cc([N+](=O)[O-])ccc1NC(=O)C1CC(=O)Nc2nc(N3CCCC(C)C3)[nH]c(=O)c21. The third kappa shape index (κ3) is 4.18. The number of non-ortho nitro benzene ring substituents is 1. The molecule has 0 spiro atoms. The summed E-state index contributed by atoms with van der Waals surface area (Å²) in [5.74, 6) is -1.05. The van der Waals surface area contributed by atoms with Crippen molar-refractivity contribution in [2.75, 3.05) is 28.6 Å². The molecule has 0 radical (unpaired) electrons. The van der Waals surface area contributed by atoms with Crippen molar-refractivity contribution in [1.82, 2.24) is 9.97 Å². The van der Waals surface area contributed by atoms with Crippen molar-refractivity contribution in [2.24, 2.45) is 5.92 Å². The summed E-state index contributed by atoms with van der Waals surface area (Å²) in [6.07, 6.45) is 1.89. The first-order valence-corrected chi connectivity index (χ1v) is 10.5. The molecule has 11 heteroatoms. The first kappa shape index (κ1) is 21.5. The van der Waals surface area contributed by atoms with Gasteiger partial charge in [-0.15, -0.1) is 0 Å². The molecule has 2 aromatic rings. The highest BCUT2D eigenvalue weighted by atomic mass is 16.6. The average Bonchev–Trinajstić information content (AvgIpc) is 2.74. The van der Waals surface area contributed by atoms with Crippen LogP contribution in [0.5, 0.6) is 0 Å². The highest BCUT2D eigenvalue weighted by Gasteiger charge is 2.35. The number of hydrogen-bond donors (Lipinski definition) is 3. The van der Waals surface area contributed by atoms with Gasteiger partial charge in [0.2, 0.25) is 17.8 Å². The van der Waals surface area contributed by atoms with E-state index in [9.17, 15) is 24.5 Å². The number of aromatic amines is 1. The molecule has 2 aliphatic heterocycles. The number of nitro groups is 1. The Kier molecular flexibility index (Phi) is 5.64. The van der Waals surface area contributed by atoms with Gasteiger partial charge < -0.3 is 15.5 Å². The summed E-state index contributed by atoms with van der Waals surface area (Å²) in [6, 6.07) is 4.06. The largest absolute Gasteiger partial charge is 0.342 e. The van der Waals surface area contributed by atoms with Gasteiger partial charge in [-0.1, -0.05) is 6.92 Å². The molecule has 2 amide bonds. The third-order valence-electron chi connectivity index (χ3n) is 5.89. The smallest absolute Gasteiger partial charge is 0.269 e. The number of piperidine rings is 1. The molecular formula is C21H24N6O5. The summed E-state index contributed by atoms with van der Waals surface area (Å²) in [5.41, 5.74) is 0.411. The molecule has 11 nitrogen and oxygen atoms in total. The number of anilines is 3. The molecule has 1 fully saturated rings. The molecule has 2 atom stereocenters. The Labute approximate surface area is 183 Å². The molecule has 3 N–H and O–H groups in total. The van der Waals surface area contributed by atoms with Crippen LogP contribution in [0.15, 0.2) is 23.0 Å². The number of nitrogens with one attached hydrogen (secondary N) is 3. The van der Waals surface area contributed by atoms with Gasteiger partial charge in [0, 0.05) is 37.3 Å². The predicted molar refractivity (Wildman–Crippen MR) is 118 cm³/mol. The molecule has 32 heavy (non-hydrogen) atoms. The number of fused-ring (bicyclic) bond motifs is 1. The van der Waals surface area contributed by atoms with Crippen molar-refractivity contribution in [1.29, 1.82) is 0 Å². The second-order valence-electron chi connectivity index (χ2n) is 8.40. The Morgan fingerprint density at radius 2 is 2.12 bits per heavy atom. The van der Waals surface area contributed by atoms with Crippen LogP contribution in [0.1, 0.15) is 43.2 Å². The summed E-state index contributed by atoms with van der Waals surface area (Å²) in [7, 11) is 0. The second-order valence-corrected chi connectivity index (χ2v) is 8.40. The van der Waals surface area contributed by atoms with Gasteiger partial charge in [0.25, 0.3) is 11.2 Å². The second kappa shape index (κ2) is 8.40. The van der Waals surface area contributed by atoms with Gasteiger partial charge in [0.1, 0.15) is 5.82 Å². The number of benzene rings is 1. The van der Waals surface area contributed by atoms with Gasteiger partial charge in [0.05, 0.1) is 16.4 Å². The third-order valence-corrected chi connectivity index (χ3v) is 5.89. The fourth-order valence-electron chi connectivity index (χ4n) is 4.24. The number of nitrogens with zero attached hydrogens (tertiary/aromatic N) is 3. The number of aryl methyl sites for hydroxylation is 1. The fourth-order valence-corrected chi connectivity index (χ4v) is 4.24. The van der Waals surface area contributed by atoms with E-state index in [-0.39, 0.29) is 23.5 Å². The summed E-state index contributed by atoms with van der Waals surface area (Å²) in [6.45, 7) is 5.26. The van der Waals surface area contributed by atoms with Crippen LogP contribution in [0.25, 0.3) is 0 Å². The van der Waals surface area contributed by atoms with Gasteiger partial charge >= 0.3 is 0 Å². The first-order chi connectivity index (χ1) is 15.2. The number of H-pyrrole nitrogens is 1. The van der Waals surface area contributed by atoms with Gasteiger partial charge in [-0.3, -0.25) is 29.5 Å². The van der Waals surface area contributed by atoms with E-state index in [1.165, 1.54) is 18.2 Å². The number of amides is 2. The van der Waals surface area contributed by atoms with Gasteiger partial charge in [-0.05, 0) is 37.3 Å². The van der Waals surface area contributed by atoms with Crippen LogP contribution in [0.2, 0.25) is 0 Å². The number of aromatic nitrogens is 2. The molecule has 1 aromatic heterocycles. The van der Waals surface area contributed by atoms with E-state index in [0.717, 1.165) is 25.9 Å². The van der Waals surface area contributed by atoms with E-state index in [0.29, 0.717) is 23.1 Å². The van der Waals surface area contributed by atoms with Gasteiger partial charge in [-0.2, -0.15) is 4.98 Å². The van der Waals surface area contributed by atoms with Crippen molar-refractivity contribution in [2.45, 2.75) is 39.0 Å². The van der Waals surface area contributed by atoms with Crippen molar-refractivity contribution in [3.05, 3.63) is 49.8 Å². The molecule has 0 saturated carbocycles. The minimum Gasteiger partial charge on any atom is -0.342 e. The van der Waals surface area contributed by atoms with Crippen molar-refractivity contribution in [3.63, 3.8) is 0 Å². The Morgan fingerprint density at radius 3 is 2.81 bits per heavy atom. The normalized spacial score (nSPS) is 20.3. The number of carbonyl (C=O) groups excluding carboxylic acids is 2. The zero-order chi connectivity index (χ0) is 23.0. The van der Waals surface area contributed by atoms with E-state index in [4.69, 9.17) is 0 Å². The molecular weight excluding hydrogens is 416 g/mol. The van der Waals surface area contributed by atoms with E-state index in [1.807, 2.05) is 4.90 Å². The highest BCUT2D eigenvalue weighted by Crippen LogP contribution is 2.31. The number of nitro benzene ring substituents is 1. The van der Waals surface area contributed by atoms with E-state index < -0.39 is 28.2 Å². The van der Waals surface area contributed by atoms with Crippen molar-refractivity contribution >= 4 is 35.0 Å². The Morgan fingerprint density at radius 1 is 1.34 bits per heavy atom. The average molecular weight is 440 g/mol. The predicted octanol–water partition coefficient (Wildman–Crippen LogP) is 2.29. The Balaban J connectivity index is 1.63. The lowest BCUT2D eigenvalue weighted by atomic mass is 9.92. The molecule has 0 aliphatic carbocycles. The topological polar surface area (TPSA) is 150 Å². The summed E-state index contributed by atoms with van der Waals surface area (Å²) >= 11 is 0. The van der Waals surface area contributed by atoms with Crippen LogP contribution in [-0.2, 0) is 9.59 Å². The molecule has 3 heterocycles. The van der Waals surface area contributed by atoms with E-state index in [1.54, 1.807) is 6.92 Å². The van der Waals surface area contributed by atoms with E-state index >= 15 is 0 Å². The number of rotatable bonds is 4. The summed E-state index contributed by atoms with van der Waals surface area (Å²) in [4.78, 5) is 57.9. The zero-order valence-corrected chi connectivity index (χ0v) is 17.8. The maximum atomic E-state index is 13.0. The lowest BCUT2D eigenvalue weighted by Crippen LogP contribution is -2.40. The molecule has 168 valence electrons. The zero-order valence-electron chi connectivity index (χ0n) is 17.8.